The van der Waals surface area contributed by atoms with Crippen LogP contribution in [0.2, 0.25) is 0 Å². The third kappa shape index (κ3) is 4.58. The normalized spacial score (nSPS) is 13.2. The third-order valence-electron chi connectivity index (χ3n) is 3.47. The Hall–Kier alpha value is -2.01. The molecule has 0 spiro atoms. The lowest BCUT2D eigenvalue weighted by Gasteiger charge is -2.29. The Bertz CT molecular complexity index is 546. The fraction of sp³-hybridized carbons (Fsp3) is 0.786. The number of hydrogen-bond donors (Lipinski definition) is 0. The summed E-state index contributed by atoms with van der Waals surface area (Å²) < 4.78 is 91.4. The molecule has 0 saturated carbocycles. The molecule has 6 nitrogen and oxygen atoms in total. The van der Waals surface area contributed by atoms with Gasteiger partial charge in [0.25, 0.3) is 0 Å². The summed E-state index contributed by atoms with van der Waals surface area (Å²) in [7, 11) is 0.273. The van der Waals surface area contributed by atoms with Gasteiger partial charge in [-0.05, 0) is 20.3 Å². The van der Waals surface area contributed by atoms with Crippen molar-refractivity contribution in [1.82, 2.24) is 0 Å². The largest absolute Gasteiger partial charge is 0.464 e. The number of rotatable bonds is 9. The van der Waals surface area contributed by atoms with Crippen molar-refractivity contribution in [3.63, 3.8) is 0 Å². The molecule has 26 heavy (non-hydrogen) atoms. The second-order valence-electron chi connectivity index (χ2n) is 5.72. The first-order chi connectivity index (χ1) is 11.6. The van der Waals surface area contributed by atoms with Crippen LogP contribution in [0.4, 0.5) is 26.3 Å². The van der Waals surface area contributed by atoms with E-state index in [9.17, 15) is 40.7 Å². The second-order valence-corrected chi connectivity index (χ2v) is 5.72. The van der Waals surface area contributed by atoms with Crippen LogP contribution in [-0.2, 0) is 28.6 Å². The molecule has 0 aliphatic carbocycles. The van der Waals surface area contributed by atoms with Gasteiger partial charge in [-0.3, -0.25) is 4.79 Å². The molecule has 0 radical (unpaired) electrons. The van der Waals surface area contributed by atoms with E-state index in [1.54, 1.807) is 6.92 Å². The van der Waals surface area contributed by atoms with Crippen molar-refractivity contribution in [2.45, 2.75) is 45.0 Å². The number of ether oxygens (including phenoxy) is 3. The van der Waals surface area contributed by atoms with Crippen molar-refractivity contribution in [1.29, 1.82) is 0 Å². The Morgan fingerprint density at radius 1 is 0.769 bits per heavy atom. The third-order valence-corrected chi connectivity index (χ3v) is 3.47. The number of halogens is 6. The summed E-state index contributed by atoms with van der Waals surface area (Å²) in [5, 5.41) is 0. The van der Waals surface area contributed by atoms with Gasteiger partial charge in [-0.15, -0.1) is 0 Å². The SMILES string of the molecule is CCC(C)(C)C(=O)OCCOC(=O)C(F)(F)C(F)(F)C(F)(F)C(=O)OC. The van der Waals surface area contributed by atoms with Crippen molar-refractivity contribution >= 4 is 17.9 Å². The molecular formula is C14H18F6O6. The summed E-state index contributed by atoms with van der Waals surface area (Å²) in [5.74, 6) is -25.2. The van der Waals surface area contributed by atoms with Gasteiger partial charge < -0.3 is 14.2 Å². The Morgan fingerprint density at radius 3 is 1.54 bits per heavy atom. The van der Waals surface area contributed by atoms with E-state index in [1.807, 2.05) is 0 Å². The van der Waals surface area contributed by atoms with E-state index in [0.717, 1.165) is 0 Å². The quantitative estimate of drug-likeness (QED) is 0.258. The number of alkyl halides is 6. The van der Waals surface area contributed by atoms with E-state index < -0.39 is 54.3 Å². The van der Waals surface area contributed by atoms with Gasteiger partial charge in [0.15, 0.2) is 0 Å². The standard InChI is InChI=1S/C14H18F6O6/c1-5-11(2,3)8(21)25-6-7-26-10(23)13(17,18)14(19,20)12(15,16)9(22)24-4/h5-7H2,1-4H3. The number of carbonyl (C=O) groups excluding carboxylic acids is 3. The van der Waals surface area contributed by atoms with Crippen molar-refractivity contribution in [3.8, 4) is 0 Å². The lowest BCUT2D eigenvalue weighted by Crippen LogP contribution is -2.61. The molecular weight excluding hydrogens is 378 g/mol. The fourth-order valence-electron chi connectivity index (χ4n) is 1.28. The lowest BCUT2D eigenvalue weighted by atomic mass is 9.91. The van der Waals surface area contributed by atoms with E-state index in [0.29, 0.717) is 6.42 Å². The van der Waals surface area contributed by atoms with Crippen LogP contribution in [0, 0.1) is 5.41 Å². The molecule has 0 aromatic carbocycles. The van der Waals surface area contributed by atoms with Crippen LogP contribution in [0.15, 0.2) is 0 Å². The van der Waals surface area contributed by atoms with Crippen LogP contribution < -0.4 is 0 Å². The first kappa shape index (κ1) is 24.0. The topological polar surface area (TPSA) is 78.9 Å². The lowest BCUT2D eigenvalue weighted by molar-refractivity contribution is -0.300. The van der Waals surface area contributed by atoms with Crippen molar-refractivity contribution in [2.75, 3.05) is 20.3 Å². The van der Waals surface area contributed by atoms with E-state index in [-0.39, 0.29) is 7.11 Å². The maximum Gasteiger partial charge on any atom is 0.411 e. The first-order valence-electron chi connectivity index (χ1n) is 7.15. The van der Waals surface area contributed by atoms with Gasteiger partial charge in [-0.25, -0.2) is 9.59 Å². The Labute approximate surface area is 144 Å². The van der Waals surface area contributed by atoms with E-state index in [2.05, 4.69) is 14.2 Å². The van der Waals surface area contributed by atoms with Crippen LogP contribution >= 0.6 is 0 Å². The van der Waals surface area contributed by atoms with Crippen LogP contribution in [0.5, 0.6) is 0 Å². The molecule has 0 fully saturated rings. The predicted molar refractivity (Wildman–Crippen MR) is 72.8 cm³/mol. The van der Waals surface area contributed by atoms with Gasteiger partial charge in [-0.1, -0.05) is 6.92 Å². The van der Waals surface area contributed by atoms with E-state index in [4.69, 9.17) is 0 Å². The highest BCUT2D eigenvalue weighted by molar-refractivity contribution is 5.84. The molecule has 0 saturated heterocycles. The molecule has 0 rings (SSSR count). The molecule has 0 bridgehead atoms. The van der Waals surface area contributed by atoms with Gasteiger partial charge in [0, 0.05) is 0 Å². The van der Waals surface area contributed by atoms with Gasteiger partial charge in [0.2, 0.25) is 0 Å². The zero-order valence-electron chi connectivity index (χ0n) is 14.3. The first-order valence-corrected chi connectivity index (χ1v) is 7.15. The van der Waals surface area contributed by atoms with E-state index in [1.165, 1.54) is 13.8 Å². The van der Waals surface area contributed by atoms with Crippen molar-refractivity contribution < 1.29 is 54.9 Å². The molecule has 0 aliphatic heterocycles. The summed E-state index contributed by atoms with van der Waals surface area (Å²) >= 11 is 0. The minimum atomic E-state index is -6.41. The van der Waals surface area contributed by atoms with Crippen LogP contribution in [0.25, 0.3) is 0 Å². The molecule has 12 heteroatoms. The molecule has 152 valence electrons. The Kier molecular flexibility index (Phi) is 7.50. The summed E-state index contributed by atoms with van der Waals surface area (Å²) in [6.07, 6.45) is 0.360. The van der Waals surface area contributed by atoms with Crippen LogP contribution in [-0.4, -0.2) is 56.0 Å². The monoisotopic (exact) mass is 396 g/mol. The maximum absolute atomic E-state index is 13.4. The molecule has 0 N–H and O–H groups in total. The molecule has 0 atom stereocenters. The Balaban J connectivity index is 4.93. The Morgan fingerprint density at radius 2 is 1.15 bits per heavy atom. The smallest absolute Gasteiger partial charge is 0.411 e. The number of carbonyl (C=O) groups is 3. The molecule has 0 heterocycles. The highest BCUT2D eigenvalue weighted by Gasteiger charge is 2.79. The summed E-state index contributed by atoms with van der Waals surface area (Å²) in [6, 6.07) is 0. The average Bonchev–Trinajstić information content (AvgIpc) is 2.56. The van der Waals surface area contributed by atoms with E-state index >= 15 is 0 Å². The molecule has 0 amide bonds. The van der Waals surface area contributed by atoms with Crippen LogP contribution in [0.1, 0.15) is 27.2 Å². The zero-order valence-corrected chi connectivity index (χ0v) is 14.3. The average molecular weight is 396 g/mol. The molecule has 0 unspecified atom stereocenters. The van der Waals surface area contributed by atoms with Crippen LogP contribution in [0.3, 0.4) is 0 Å². The van der Waals surface area contributed by atoms with Crippen molar-refractivity contribution in [3.05, 3.63) is 0 Å². The van der Waals surface area contributed by atoms with Gasteiger partial charge in [0.05, 0.1) is 12.5 Å². The molecule has 0 aromatic rings. The number of hydrogen-bond acceptors (Lipinski definition) is 6. The van der Waals surface area contributed by atoms with Gasteiger partial charge >= 0.3 is 35.7 Å². The molecule has 0 aliphatic rings. The number of esters is 3. The highest BCUT2D eigenvalue weighted by Crippen LogP contribution is 2.46. The highest BCUT2D eigenvalue weighted by atomic mass is 19.3. The zero-order chi connectivity index (χ0) is 21.0. The summed E-state index contributed by atoms with van der Waals surface area (Å²) in [6.45, 7) is 2.82. The minimum absolute atomic E-state index is 0.273. The maximum atomic E-state index is 13.4. The summed E-state index contributed by atoms with van der Waals surface area (Å²) in [5.41, 5.74) is -0.927. The fourth-order valence-corrected chi connectivity index (χ4v) is 1.28. The van der Waals surface area contributed by atoms with Gasteiger partial charge in [-0.2, -0.15) is 26.3 Å². The van der Waals surface area contributed by atoms with Gasteiger partial charge in [0.1, 0.15) is 13.2 Å². The molecule has 0 aromatic heterocycles. The van der Waals surface area contributed by atoms with Crippen molar-refractivity contribution in [2.24, 2.45) is 5.41 Å². The second kappa shape index (κ2) is 8.12. The number of methoxy groups -OCH3 is 1. The summed E-state index contributed by atoms with van der Waals surface area (Å²) in [4.78, 5) is 33.3. The predicted octanol–water partition coefficient (Wildman–Crippen LogP) is 2.59. The minimum Gasteiger partial charge on any atom is -0.464 e.